The van der Waals surface area contributed by atoms with Crippen LogP contribution in [0.1, 0.15) is 12.5 Å². The highest BCUT2D eigenvalue weighted by molar-refractivity contribution is 6.31. The predicted molar refractivity (Wildman–Crippen MR) is 74.3 cm³/mol. The van der Waals surface area contributed by atoms with E-state index in [4.69, 9.17) is 16.3 Å². The second-order valence-corrected chi connectivity index (χ2v) is 5.37. The molecule has 0 amide bonds. The van der Waals surface area contributed by atoms with Gasteiger partial charge in [-0.25, -0.2) is 13.2 Å². The van der Waals surface area contributed by atoms with Crippen LogP contribution in [0.25, 0.3) is 5.70 Å². The maximum absolute atomic E-state index is 14.1. The molecule has 0 aromatic heterocycles. The molecule has 2 heterocycles. The van der Waals surface area contributed by atoms with Gasteiger partial charge in [-0.3, -0.25) is 4.79 Å². The fraction of sp³-hybridized carbons (Fsp3) is 0.267. The van der Waals surface area contributed by atoms with Crippen LogP contribution in [-0.2, 0) is 9.53 Å². The van der Waals surface area contributed by atoms with Crippen molar-refractivity contribution in [3.8, 4) is 0 Å². The Hall–Kier alpha value is -1.79. The Morgan fingerprint density at radius 3 is 2.50 bits per heavy atom. The van der Waals surface area contributed by atoms with E-state index in [-0.39, 0.29) is 16.3 Å². The van der Waals surface area contributed by atoms with Crippen molar-refractivity contribution < 1.29 is 22.7 Å². The molecule has 0 N–H and O–H groups in total. The van der Waals surface area contributed by atoms with E-state index >= 15 is 0 Å². The number of carbonyl (C=O) groups is 1. The zero-order chi connectivity index (χ0) is 16.0. The van der Waals surface area contributed by atoms with E-state index in [0.29, 0.717) is 25.0 Å². The smallest absolute Gasteiger partial charge is 0.163 e. The number of nitrogens with zero attached hydrogens (tertiary/aromatic N) is 1. The van der Waals surface area contributed by atoms with Crippen LogP contribution in [0.5, 0.6) is 0 Å². The van der Waals surface area contributed by atoms with E-state index < -0.39 is 35.3 Å². The minimum atomic E-state index is -1.09. The number of epoxide rings is 1. The molecule has 1 aromatic carbocycles. The molecule has 3 nitrogen and oxygen atoms in total. The highest BCUT2D eigenvalue weighted by Crippen LogP contribution is 2.43. The molecule has 2 unspecified atom stereocenters. The summed E-state index contributed by atoms with van der Waals surface area (Å²) in [6.45, 7) is 2.09. The van der Waals surface area contributed by atoms with E-state index in [0.717, 1.165) is 0 Å². The van der Waals surface area contributed by atoms with Crippen LogP contribution in [-0.4, -0.2) is 30.1 Å². The third-order valence-corrected chi connectivity index (χ3v) is 3.94. The van der Waals surface area contributed by atoms with Gasteiger partial charge in [0, 0.05) is 24.3 Å². The van der Waals surface area contributed by atoms with Gasteiger partial charge in [0.05, 0.1) is 16.3 Å². The van der Waals surface area contributed by atoms with Crippen molar-refractivity contribution in [1.82, 2.24) is 4.90 Å². The van der Waals surface area contributed by atoms with Gasteiger partial charge in [0.2, 0.25) is 0 Å². The molecule has 1 aromatic rings. The number of hydrogen-bond acceptors (Lipinski definition) is 3. The molecule has 2 aliphatic heterocycles. The van der Waals surface area contributed by atoms with Crippen molar-refractivity contribution in [3.63, 3.8) is 0 Å². The normalized spacial score (nSPS) is 23.9. The van der Waals surface area contributed by atoms with Crippen LogP contribution >= 0.6 is 11.6 Å². The van der Waals surface area contributed by atoms with Crippen molar-refractivity contribution in [2.45, 2.75) is 19.3 Å². The molecular weight excluding hydrogens is 319 g/mol. The second-order valence-electron chi connectivity index (χ2n) is 4.93. The Kier molecular flexibility index (Phi) is 3.74. The van der Waals surface area contributed by atoms with Crippen LogP contribution in [0.2, 0.25) is 0 Å². The van der Waals surface area contributed by atoms with Gasteiger partial charge in [0.15, 0.2) is 12.5 Å². The van der Waals surface area contributed by atoms with Gasteiger partial charge in [0.25, 0.3) is 0 Å². The van der Waals surface area contributed by atoms with E-state index in [1.165, 1.54) is 6.08 Å². The minimum absolute atomic E-state index is 0.00986. The van der Waals surface area contributed by atoms with Crippen LogP contribution in [0.4, 0.5) is 13.2 Å². The van der Waals surface area contributed by atoms with E-state index in [1.54, 1.807) is 11.8 Å². The van der Waals surface area contributed by atoms with E-state index in [1.807, 2.05) is 0 Å². The highest BCUT2D eigenvalue weighted by Gasteiger charge is 2.49. The zero-order valence-corrected chi connectivity index (χ0v) is 12.2. The maximum atomic E-state index is 14.1. The summed E-state index contributed by atoms with van der Waals surface area (Å²) >= 11 is 6.04. The monoisotopic (exact) mass is 329 g/mol. The van der Waals surface area contributed by atoms with Crippen LogP contribution in [0, 0.1) is 17.5 Å². The highest BCUT2D eigenvalue weighted by atomic mass is 35.5. The molecule has 0 saturated carbocycles. The average molecular weight is 330 g/mol. The van der Waals surface area contributed by atoms with Gasteiger partial charge < -0.3 is 9.64 Å². The number of ether oxygens (including phenoxy) is 1. The second kappa shape index (κ2) is 5.44. The lowest BCUT2D eigenvalue weighted by atomic mass is 10.0. The number of rotatable bonds is 3. The van der Waals surface area contributed by atoms with E-state index in [9.17, 15) is 18.0 Å². The number of likely N-dealkylation sites (N-methyl/N-ethyl adjacent to an activating group) is 1. The lowest BCUT2D eigenvalue weighted by Gasteiger charge is -2.25. The minimum Gasteiger partial charge on any atom is -0.343 e. The number of aldehydes is 1. The Balaban J connectivity index is 2.26. The fourth-order valence-electron chi connectivity index (χ4n) is 2.62. The first-order chi connectivity index (χ1) is 10.5. The first kappa shape index (κ1) is 15.1. The van der Waals surface area contributed by atoms with Gasteiger partial charge in [-0.05, 0) is 13.0 Å². The van der Waals surface area contributed by atoms with Gasteiger partial charge >= 0.3 is 0 Å². The molecule has 2 atom stereocenters. The Morgan fingerprint density at radius 1 is 1.32 bits per heavy atom. The number of fused-ring (bicyclic) bond motifs is 1. The van der Waals surface area contributed by atoms with Gasteiger partial charge in [-0.2, -0.15) is 0 Å². The summed E-state index contributed by atoms with van der Waals surface area (Å²) in [6, 6.07) is 1.15. The molecular formula is C15H11ClF3NO2. The molecule has 0 radical (unpaired) electrons. The molecule has 1 saturated heterocycles. The number of benzene rings is 1. The van der Waals surface area contributed by atoms with Crippen LogP contribution < -0.4 is 0 Å². The molecule has 0 bridgehead atoms. The van der Waals surface area contributed by atoms with Crippen molar-refractivity contribution in [2.75, 3.05) is 6.54 Å². The van der Waals surface area contributed by atoms with Crippen LogP contribution in [0.15, 0.2) is 28.8 Å². The average Bonchev–Trinajstić information content (AvgIpc) is 3.23. The summed E-state index contributed by atoms with van der Waals surface area (Å²) in [5, 5.41) is 0.281. The summed E-state index contributed by atoms with van der Waals surface area (Å²) in [5.74, 6) is -3.21. The summed E-state index contributed by atoms with van der Waals surface area (Å²) in [6.07, 6.45) is 0.866. The number of allylic oxidation sites excluding steroid dienone is 2. The lowest BCUT2D eigenvalue weighted by molar-refractivity contribution is -0.104. The molecule has 116 valence electrons. The molecule has 2 aliphatic rings. The summed E-state index contributed by atoms with van der Waals surface area (Å²) < 4.78 is 46.8. The predicted octanol–water partition coefficient (Wildman–Crippen LogP) is 3.20. The number of halogens is 4. The van der Waals surface area contributed by atoms with Crippen molar-refractivity contribution in [2.24, 2.45) is 0 Å². The molecule has 7 heteroatoms. The fourth-order valence-corrected chi connectivity index (χ4v) is 2.90. The topological polar surface area (TPSA) is 32.8 Å². The SMILES string of the molecule is CCN1C(c2c(F)cc(F)cc2F)=C(C=O)C=C(Cl)C2OC21. The zero-order valence-electron chi connectivity index (χ0n) is 11.4. The molecule has 0 spiro atoms. The van der Waals surface area contributed by atoms with Gasteiger partial charge in [-0.15, -0.1) is 0 Å². The Bertz CT molecular complexity index is 694. The van der Waals surface area contributed by atoms with Crippen molar-refractivity contribution in [3.05, 3.63) is 51.8 Å². The summed E-state index contributed by atoms with van der Waals surface area (Å²) in [5.41, 5.74) is -0.440. The Morgan fingerprint density at radius 2 is 1.95 bits per heavy atom. The largest absolute Gasteiger partial charge is 0.343 e. The number of carbonyl (C=O) groups excluding carboxylic acids is 1. The van der Waals surface area contributed by atoms with Crippen molar-refractivity contribution in [1.29, 1.82) is 0 Å². The summed E-state index contributed by atoms with van der Waals surface area (Å²) in [7, 11) is 0. The summed E-state index contributed by atoms with van der Waals surface area (Å²) in [4.78, 5) is 12.9. The van der Waals surface area contributed by atoms with E-state index in [2.05, 4.69) is 0 Å². The lowest BCUT2D eigenvalue weighted by Crippen LogP contribution is -2.28. The number of hydrogen-bond donors (Lipinski definition) is 0. The Labute approximate surface area is 129 Å². The van der Waals surface area contributed by atoms with Gasteiger partial charge in [-0.1, -0.05) is 11.6 Å². The molecule has 3 rings (SSSR count). The van der Waals surface area contributed by atoms with Gasteiger partial charge in [0.1, 0.15) is 23.6 Å². The molecule has 1 fully saturated rings. The first-order valence-corrected chi connectivity index (χ1v) is 6.99. The standard InChI is InChI=1S/C15H11ClF3NO2/c1-2-20-13(12-10(18)4-8(17)5-11(12)19)7(6-21)3-9(16)14-15(20)22-14/h3-6,14-15H,2H2,1H3. The van der Waals surface area contributed by atoms with Crippen LogP contribution in [0.3, 0.4) is 0 Å². The quantitative estimate of drug-likeness (QED) is 0.630. The third-order valence-electron chi connectivity index (χ3n) is 3.61. The molecule has 0 aliphatic carbocycles. The maximum Gasteiger partial charge on any atom is 0.163 e. The molecule has 22 heavy (non-hydrogen) atoms. The third kappa shape index (κ3) is 2.32. The van der Waals surface area contributed by atoms with Crippen molar-refractivity contribution >= 4 is 23.6 Å². The first-order valence-electron chi connectivity index (χ1n) is 6.61.